The Kier molecular flexibility index (Phi) is 5.05. The molecule has 2 aliphatic heterocycles. The first-order valence-electron chi connectivity index (χ1n) is 9.04. The number of likely N-dealkylation sites (tertiary alicyclic amines) is 2. The van der Waals surface area contributed by atoms with Gasteiger partial charge < -0.3 is 9.88 Å². The summed E-state index contributed by atoms with van der Waals surface area (Å²) in [6, 6.07) is 0. The summed E-state index contributed by atoms with van der Waals surface area (Å²) >= 11 is 0. The summed E-state index contributed by atoms with van der Waals surface area (Å²) in [7, 11) is 0. The van der Waals surface area contributed by atoms with Crippen molar-refractivity contribution in [3.05, 3.63) is 18.2 Å². The fourth-order valence-electron chi connectivity index (χ4n) is 4.11. The first kappa shape index (κ1) is 16.5. The molecule has 1 aromatic rings. The Morgan fingerprint density at radius 1 is 1.35 bits per heavy atom. The number of aromatic amines is 1. The number of carbonyl (C=O) groups excluding carboxylic acids is 1. The Bertz CT molecular complexity index is 513. The van der Waals surface area contributed by atoms with Gasteiger partial charge in [0.2, 0.25) is 5.91 Å². The lowest BCUT2D eigenvalue weighted by atomic mass is 9.73. The quantitative estimate of drug-likeness (QED) is 0.908. The zero-order valence-electron chi connectivity index (χ0n) is 14.6. The van der Waals surface area contributed by atoms with Crippen molar-refractivity contribution in [2.45, 2.75) is 52.5 Å². The van der Waals surface area contributed by atoms with Crippen molar-refractivity contribution < 1.29 is 4.79 Å². The highest BCUT2D eigenvalue weighted by Gasteiger charge is 2.41. The molecule has 0 aliphatic carbocycles. The van der Waals surface area contributed by atoms with E-state index in [0.29, 0.717) is 17.2 Å². The Morgan fingerprint density at radius 2 is 2.22 bits per heavy atom. The number of imidazole rings is 1. The lowest BCUT2D eigenvalue weighted by Crippen LogP contribution is -2.54. The van der Waals surface area contributed by atoms with Crippen molar-refractivity contribution >= 4 is 5.91 Å². The minimum absolute atomic E-state index is 0.309. The third-order valence-electron chi connectivity index (χ3n) is 5.41. The number of hydrogen-bond donors (Lipinski definition) is 1. The average molecular weight is 318 g/mol. The number of hydrogen-bond acceptors (Lipinski definition) is 3. The summed E-state index contributed by atoms with van der Waals surface area (Å²) in [5.41, 5.74) is 1.49. The molecule has 3 rings (SSSR count). The second-order valence-corrected chi connectivity index (χ2v) is 7.89. The van der Waals surface area contributed by atoms with Crippen molar-refractivity contribution in [1.82, 2.24) is 19.8 Å². The number of carbonyl (C=O) groups is 1. The van der Waals surface area contributed by atoms with Gasteiger partial charge >= 0.3 is 0 Å². The molecule has 1 aromatic heterocycles. The molecule has 1 atom stereocenters. The molecule has 5 nitrogen and oxygen atoms in total. The third-order valence-corrected chi connectivity index (χ3v) is 5.41. The first-order chi connectivity index (χ1) is 11.1. The molecular formula is C18H30N4O. The normalized spacial score (nSPS) is 26.4. The average Bonchev–Trinajstić information content (AvgIpc) is 3.02. The number of rotatable bonds is 5. The van der Waals surface area contributed by atoms with Crippen molar-refractivity contribution in [3.63, 3.8) is 0 Å². The van der Waals surface area contributed by atoms with Gasteiger partial charge in [0, 0.05) is 49.9 Å². The van der Waals surface area contributed by atoms with Crippen LogP contribution in [0.2, 0.25) is 0 Å². The predicted octanol–water partition coefficient (Wildman–Crippen LogP) is 2.66. The zero-order chi connectivity index (χ0) is 16.3. The highest BCUT2D eigenvalue weighted by atomic mass is 16.2. The molecule has 0 aromatic carbocycles. The summed E-state index contributed by atoms with van der Waals surface area (Å²) in [5.74, 6) is 1.02. The Labute approximate surface area is 139 Å². The molecule has 0 bridgehead atoms. The van der Waals surface area contributed by atoms with Crippen LogP contribution in [0.25, 0.3) is 0 Å². The summed E-state index contributed by atoms with van der Waals surface area (Å²) in [4.78, 5) is 24.3. The Hall–Kier alpha value is -1.36. The molecular weight excluding hydrogens is 288 g/mol. The van der Waals surface area contributed by atoms with Gasteiger partial charge in [-0.15, -0.1) is 0 Å². The zero-order valence-corrected chi connectivity index (χ0v) is 14.6. The van der Waals surface area contributed by atoms with E-state index in [1.165, 1.54) is 18.5 Å². The monoisotopic (exact) mass is 318 g/mol. The molecule has 5 heteroatoms. The van der Waals surface area contributed by atoms with E-state index in [2.05, 4.69) is 33.6 Å². The van der Waals surface area contributed by atoms with Crippen LogP contribution < -0.4 is 0 Å². The van der Waals surface area contributed by atoms with Gasteiger partial charge in [0.15, 0.2) is 0 Å². The molecule has 2 saturated heterocycles. The molecule has 1 N–H and O–H groups in total. The molecule has 128 valence electrons. The van der Waals surface area contributed by atoms with E-state index < -0.39 is 0 Å². The van der Waals surface area contributed by atoms with Gasteiger partial charge in [-0.3, -0.25) is 9.69 Å². The number of H-pyrrole nitrogens is 1. The molecule has 0 radical (unpaired) electrons. The van der Waals surface area contributed by atoms with E-state index in [-0.39, 0.29) is 0 Å². The van der Waals surface area contributed by atoms with Gasteiger partial charge in [-0.05, 0) is 38.1 Å². The number of amides is 1. The maximum Gasteiger partial charge on any atom is 0.222 e. The minimum atomic E-state index is 0.309. The van der Waals surface area contributed by atoms with Crippen LogP contribution in [0, 0.1) is 11.3 Å². The number of nitrogens with one attached hydrogen (secondary N) is 1. The van der Waals surface area contributed by atoms with Gasteiger partial charge in [-0.25, -0.2) is 4.98 Å². The van der Waals surface area contributed by atoms with Crippen LogP contribution in [0.15, 0.2) is 12.5 Å². The smallest absolute Gasteiger partial charge is 0.222 e. The van der Waals surface area contributed by atoms with Crippen molar-refractivity contribution in [3.8, 4) is 0 Å². The second-order valence-electron chi connectivity index (χ2n) is 7.89. The maximum absolute atomic E-state index is 12.3. The van der Waals surface area contributed by atoms with Crippen LogP contribution in [0.3, 0.4) is 0 Å². The van der Waals surface area contributed by atoms with Crippen molar-refractivity contribution in [2.75, 3.05) is 26.2 Å². The molecule has 1 spiro atoms. The molecule has 0 saturated carbocycles. The summed E-state index contributed by atoms with van der Waals surface area (Å²) in [6.07, 6.45) is 9.07. The minimum Gasteiger partial charge on any atom is -0.347 e. The summed E-state index contributed by atoms with van der Waals surface area (Å²) in [6.45, 7) is 9.56. The Morgan fingerprint density at radius 3 is 2.96 bits per heavy atom. The maximum atomic E-state index is 12.3. The van der Waals surface area contributed by atoms with E-state index in [1.54, 1.807) is 6.33 Å². The van der Waals surface area contributed by atoms with Gasteiger partial charge in [0.1, 0.15) is 0 Å². The molecule has 23 heavy (non-hydrogen) atoms. The van der Waals surface area contributed by atoms with E-state index in [0.717, 1.165) is 52.0 Å². The SMILES string of the molecule is CC(C)CCN1CC2(CCCN(Cc3cnc[nH]3)C2)CCC1=O. The van der Waals surface area contributed by atoms with E-state index in [1.807, 2.05) is 6.20 Å². The highest BCUT2D eigenvalue weighted by molar-refractivity contribution is 5.77. The van der Waals surface area contributed by atoms with Crippen LogP contribution in [0.1, 0.15) is 51.6 Å². The number of nitrogens with zero attached hydrogens (tertiary/aromatic N) is 3. The molecule has 1 amide bonds. The van der Waals surface area contributed by atoms with E-state index >= 15 is 0 Å². The topological polar surface area (TPSA) is 52.2 Å². The Balaban J connectivity index is 1.61. The molecule has 2 fully saturated rings. The number of aromatic nitrogens is 2. The summed E-state index contributed by atoms with van der Waals surface area (Å²) in [5, 5.41) is 0. The fourth-order valence-corrected chi connectivity index (χ4v) is 4.11. The lowest BCUT2D eigenvalue weighted by Gasteiger charge is -2.48. The van der Waals surface area contributed by atoms with Crippen LogP contribution in [0.4, 0.5) is 0 Å². The second kappa shape index (κ2) is 7.04. The van der Waals surface area contributed by atoms with Crippen molar-refractivity contribution in [2.24, 2.45) is 11.3 Å². The molecule has 1 unspecified atom stereocenters. The largest absolute Gasteiger partial charge is 0.347 e. The third kappa shape index (κ3) is 4.14. The summed E-state index contributed by atoms with van der Waals surface area (Å²) < 4.78 is 0. The highest BCUT2D eigenvalue weighted by Crippen LogP contribution is 2.39. The molecule has 2 aliphatic rings. The molecule has 3 heterocycles. The van der Waals surface area contributed by atoms with Gasteiger partial charge in [0.05, 0.1) is 6.33 Å². The number of piperidine rings is 2. The van der Waals surface area contributed by atoms with Gasteiger partial charge in [0.25, 0.3) is 0 Å². The standard InChI is InChI=1S/C18H30N4O/c1-15(2)5-9-22-13-18(7-4-17(22)23)6-3-8-21(12-18)11-16-10-19-14-20-16/h10,14-15H,3-9,11-13H2,1-2H3,(H,19,20). The van der Waals surface area contributed by atoms with E-state index in [4.69, 9.17) is 0 Å². The van der Waals surface area contributed by atoms with Gasteiger partial charge in [-0.2, -0.15) is 0 Å². The van der Waals surface area contributed by atoms with Crippen LogP contribution >= 0.6 is 0 Å². The van der Waals surface area contributed by atoms with Crippen LogP contribution in [-0.2, 0) is 11.3 Å². The van der Waals surface area contributed by atoms with Crippen LogP contribution in [-0.4, -0.2) is 51.9 Å². The van der Waals surface area contributed by atoms with Crippen LogP contribution in [0.5, 0.6) is 0 Å². The lowest BCUT2D eigenvalue weighted by molar-refractivity contribution is -0.139. The first-order valence-corrected chi connectivity index (χ1v) is 9.04. The van der Waals surface area contributed by atoms with Gasteiger partial charge in [-0.1, -0.05) is 13.8 Å². The van der Waals surface area contributed by atoms with Crippen molar-refractivity contribution in [1.29, 1.82) is 0 Å². The van der Waals surface area contributed by atoms with E-state index in [9.17, 15) is 4.79 Å². The fraction of sp³-hybridized carbons (Fsp3) is 0.778. The predicted molar refractivity (Wildman–Crippen MR) is 90.8 cm³/mol.